The van der Waals surface area contributed by atoms with E-state index in [1.165, 1.54) is 17.6 Å². The van der Waals surface area contributed by atoms with Gasteiger partial charge in [-0.05, 0) is 55.9 Å². The molecule has 2 unspecified atom stereocenters. The van der Waals surface area contributed by atoms with Crippen LogP contribution in [-0.4, -0.2) is 30.6 Å². The average Bonchev–Trinajstić information content (AvgIpc) is 3.07. The summed E-state index contributed by atoms with van der Waals surface area (Å²) >= 11 is 1.67. The Hall–Kier alpha value is -1.42. The fraction of sp³-hybridized carbons (Fsp3) is 0.429. The van der Waals surface area contributed by atoms with Gasteiger partial charge in [-0.25, -0.2) is 0 Å². The Morgan fingerprint density at radius 3 is 2.62 bits per heavy atom. The molecule has 1 aliphatic carbocycles. The summed E-state index contributed by atoms with van der Waals surface area (Å²) in [6.07, 6.45) is 6.58. The van der Waals surface area contributed by atoms with Gasteiger partial charge in [0.2, 0.25) is 0 Å². The van der Waals surface area contributed by atoms with Crippen LogP contribution in [-0.2, 0) is 5.60 Å². The molecule has 1 heterocycles. The van der Waals surface area contributed by atoms with E-state index in [1.54, 1.807) is 11.3 Å². The SMILES string of the molecule is CN(C)CC1CCCC/C(=C/c2ccccc2)C1(O)c1cccs1. The van der Waals surface area contributed by atoms with Gasteiger partial charge in [0.25, 0.3) is 0 Å². The summed E-state index contributed by atoms with van der Waals surface area (Å²) in [5, 5.41) is 14.0. The Kier molecular flexibility index (Phi) is 5.54. The van der Waals surface area contributed by atoms with E-state index in [1.807, 2.05) is 6.07 Å². The lowest BCUT2D eigenvalue weighted by atomic mass is 9.77. The van der Waals surface area contributed by atoms with Crippen LogP contribution < -0.4 is 0 Å². The molecule has 0 radical (unpaired) electrons. The van der Waals surface area contributed by atoms with E-state index in [0.29, 0.717) is 0 Å². The van der Waals surface area contributed by atoms with Crippen molar-refractivity contribution in [1.29, 1.82) is 0 Å². The first-order valence-corrected chi connectivity index (χ1v) is 9.66. The Bertz CT molecular complexity index is 662. The Labute approximate surface area is 149 Å². The Balaban J connectivity index is 2.08. The first-order chi connectivity index (χ1) is 11.6. The van der Waals surface area contributed by atoms with Crippen molar-refractivity contribution in [3.63, 3.8) is 0 Å². The summed E-state index contributed by atoms with van der Waals surface area (Å²) in [4.78, 5) is 3.28. The van der Waals surface area contributed by atoms with Crippen LogP contribution >= 0.6 is 11.3 Å². The molecule has 0 saturated heterocycles. The van der Waals surface area contributed by atoms with Crippen molar-refractivity contribution in [3.8, 4) is 0 Å². The van der Waals surface area contributed by atoms with Gasteiger partial charge in [-0.3, -0.25) is 0 Å². The third kappa shape index (κ3) is 3.64. The van der Waals surface area contributed by atoms with Crippen LogP contribution in [0.2, 0.25) is 0 Å². The maximum Gasteiger partial charge on any atom is 0.124 e. The van der Waals surface area contributed by atoms with Crippen molar-refractivity contribution in [3.05, 3.63) is 63.9 Å². The van der Waals surface area contributed by atoms with Gasteiger partial charge in [0.15, 0.2) is 0 Å². The number of rotatable bonds is 4. The van der Waals surface area contributed by atoms with Crippen LogP contribution in [0, 0.1) is 5.92 Å². The van der Waals surface area contributed by atoms with Gasteiger partial charge < -0.3 is 10.0 Å². The molecule has 1 saturated carbocycles. The van der Waals surface area contributed by atoms with Crippen LogP contribution in [0.5, 0.6) is 0 Å². The lowest BCUT2D eigenvalue weighted by molar-refractivity contribution is 0.00369. The third-order valence-corrected chi connectivity index (χ3v) is 5.95. The van der Waals surface area contributed by atoms with Crippen LogP contribution in [0.4, 0.5) is 0 Å². The molecule has 1 aromatic heterocycles. The first-order valence-electron chi connectivity index (χ1n) is 8.78. The lowest BCUT2D eigenvalue weighted by Crippen LogP contribution is -2.41. The Morgan fingerprint density at radius 1 is 1.17 bits per heavy atom. The minimum absolute atomic E-state index is 0.226. The Morgan fingerprint density at radius 2 is 1.96 bits per heavy atom. The predicted molar refractivity (Wildman–Crippen MR) is 103 cm³/mol. The van der Waals surface area contributed by atoms with Gasteiger partial charge in [-0.1, -0.05) is 48.9 Å². The second-order valence-corrected chi connectivity index (χ2v) is 7.98. The molecule has 3 heteroatoms. The molecule has 2 atom stereocenters. The topological polar surface area (TPSA) is 23.5 Å². The molecule has 1 fully saturated rings. The zero-order valence-corrected chi connectivity index (χ0v) is 15.4. The van der Waals surface area contributed by atoms with Crippen LogP contribution in [0.25, 0.3) is 6.08 Å². The molecule has 3 rings (SSSR count). The second kappa shape index (κ2) is 7.64. The van der Waals surface area contributed by atoms with Gasteiger partial charge in [0, 0.05) is 17.3 Å². The average molecular weight is 342 g/mol. The fourth-order valence-corrected chi connectivity index (χ4v) is 4.76. The lowest BCUT2D eigenvalue weighted by Gasteiger charge is -2.38. The van der Waals surface area contributed by atoms with Gasteiger partial charge in [-0.15, -0.1) is 11.3 Å². The molecule has 2 aromatic rings. The van der Waals surface area contributed by atoms with E-state index in [4.69, 9.17) is 0 Å². The molecule has 1 aromatic carbocycles. The molecule has 0 amide bonds. The van der Waals surface area contributed by atoms with Crippen LogP contribution in [0.15, 0.2) is 53.4 Å². The fourth-order valence-electron chi connectivity index (χ4n) is 3.82. The van der Waals surface area contributed by atoms with Gasteiger partial charge in [0.05, 0.1) is 0 Å². The zero-order valence-electron chi connectivity index (χ0n) is 14.6. The van der Waals surface area contributed by atoms with Crippen LogP contribution in [0.3, 0.4) is 0 Å². The van der Waals surface area contributed by atoms with Crippen molar-refractivity contribution < 1.29 is 5.11 Å². The maximum absolute atomic E-state index is 12.0. The molecule has 0 aliphatic heterocycles. The van der Waals surface area contributed by atoms with E-state index >= 15 is 0 Å². The highest BCUT2D eigenvalue weighted by Gasteiger charge is 2.43. The van der Waals surface area contributed by atoms with E-state index in [9.17, 15) is 5.11 Å². The second-order valence-electron chi connectivity index (χ2n) is 7.03. The summed E-state index contributed by atoms with van der Waals surface area (Å²) in [6, 6.07) is 14.5. The standard InChI is InChI=1S/C21H27NOS/c1-22(2)16-19-12-7-6-11-18(15-17-9-4-3-5-10-17)21(19,23)20-13-8-14-24-20/h3-5,8-10,13-15,19,23H,6-7,11-12,16H2,1-2H3/b18-15-. The molecule has 0 spiro atoms. The summed E-state index contributed by atoms with van der Waals surface area (Å²) in [7, 11) is 4.20. The number of nitrogens with zero attached hydrogens (tertiary/aromatic N) is 1. The van der Waals surface area contributed by atoms with E-state index in [-0.39, 0.29) is 5.92 Å². The largest absolute Gasteiger partial charge is 0.380 e. The third-order valence-electron chi connectivity index (χ3n) is 4.95. The number of thiophene rings is 1. The summed E-state index contributed by atoms with van der Waals surface area (Å²) in [5.74, 6) is 0.226. The molecule has 1 aliphatic rings. The molecule has 24 heavy (non-hydrogen) atoms. The predicted octanol–water partition coefficient (Wildman–Crippen LogP) is 4.77. The minimum Gasteiger partial charge on any atom is -0.380 e. The summed E-state index contributed by atoms with van der Waals surface area (Å²) in [6.45, 7) is 0.903. The molecule has 2 nitrogen and oxygen atoms in total. The van der Waals surface area contributed by atoms with Gasteiger partial charge >= 0.3 is 0 Å². The highest BCUT2D eigenvalue weighted by molar-refractivity contribution is 7.10. The van der Waals surface area contributed by atoms with Gasteiger partial charge in [-0.2, -0.15) is 0 Å². The highest BCUT2D eigenvalue weighted by Crippen LogP contribution is 2.46. The number of aliphatic hydroxyl groups is 1. The van der Waals surface area contributed by atoms with Crippen molar-refractivity contribution in [1.82, 2.24) is 4.90 Å². The molecule has 1 N–H and O–H groups in total. The van der Waals surface area contributed by atoms with Crippen molar-refractivity contribution in [2.75, 3.05) is 20.6 Å². The number of hydrogen-bond acceptors (Lipinski definition) is 3. The van der Waals surface area contributed by atoms with Gasteiger partial charge in [0.1, 0.15) is 5.60 Å². The quantitative estimate of drug-likeness (QED) is 0.810. The summed E-state index contributed by atoms with van der Waals surface area (Å²) in [5.41, 5.74) is 1.48. The minimum atomic E-state index is -0.856. The van der Waals surface area contributed by atoms with Crippen molar-refractivity contribution in [2.24, 2.45) is 5.92 Å². The van der Waals surface area contributed by atoms with E-state index in [2.05, 4.69) is 66.8 Å². The summed E-state index contributed by atoms with van der Waals surface area (Å²) < 4.78 is 0. The molecule has 128 valence electrons. The molecule has 0 bridgehead atoms. The monoisotopic (exact) mass is 341 g/mol. The number of hydrogen-bond donors (Lipinski definition) is 1. The smallest absolute Gasteiger partial charge is 0.124 e. The molecular weight excluding hydrogens is 314 g/mol. The molecular formula is C21H27NOS. The van der Waals surface area contributed by atoms with Crippen molar-refractivity contribution in [2.45, 2.75) is 31.3 Å². The maximum atomic E-state index is 12.0. The highest BCUT2D eigenvalue weighted by atomic mass is 32.1. The van der Waals surface area contributed by atoms with E-state index in [0.717, 1.165) is 30.7 Å². The number of benzene rings is 1. The zero-order chi connectivity index (χ0) is 17.0. The normalized spacial score (nSPS) is 26.7. The van der Waals surface area contributed by atoms with Crippen molar-refractivity contribution >= 4 is 17.4 Å². The van der Waals surface area contributed by atoms with E-state index < -0.39 is 5.60 Å². The first kappa shape index (κ1) is 17.4. The van der Waals surface area contributed by atoms with Crippen LogP contribution in [0.1, 0.15) is 36.1 Å².